The average molecular weight is 525 g/mol. The number of rotatable bonds is 6. The number of para-hydroxylation sites is 1. The average Bonchev–Trinajstić information content (AvgIpc) is 3.61. The number of aromatic nitrogens is 1. The van der Waals surface area contributed by atoms with Crippen LogP contribution in [0.2, 0.25) is 0 Å². The molecule has 0 saturated carbocycles. The van der Waals surface area contributed by atoms with Gasteiger partial charge in [-0.2, -0.15) is 0 Å². The maximum absolute atomic E-state index is 13.9. The zero-order valence-electron chi connectivity index (χ0n) is 21.0. The van der Waals surface area contributed by atoms with Gasteiger partial charge in [0.2, 0.25) is 5.78 Å². The molecule has 5 aromatic rings. The number of nitrogens with zero attached hydrogens (tertiary/aromatic N) is 2. The second-order valence-corrected chi connectivity index (χ2v) is 10.2. The van der Waals surface area contributed by atoms with Crippen LogP contribution >= 0.6 is 11.3 Å². The number of fused-ring (bicyclic) bond motifs is 2. The second-order valence-electron chi connectivity index (χ2n) is 9.22. The van der Waals surface area contributed by atoms with E-state index < -0.39 is 23.5 Å². The first-order chi connectivity index (χ1) is 18.4. The Morgan fingerprint density at radius 1 is 1.13 bits per heavy atom. The number of hydrogen-bond acceptors (Lipinski definition) is 7. The van der Waals surface area contributed by atoms with Crippen molar-refractivity contribution in [2.75, 3.05) is 12.0 Å². The highest BCUT2D eigenvalue weighted by atomic mass is 32.1. The molecule has 3 heterocycles. The zero-order valence-corrected chi connectivity index (χ0v) is 21.8. The van der Waals surface area contributed by atoms with Gasteiger partial charge in [-0.1, -0.05) is 66.3 Å². The summed E-state index contributed by atoms with van der Waals surface area (Å²) < 4.78 is 12.2. The van der Waals surface area contributed by atoms with Crippen molar-refractivity contribution in [1.29, 1.82) is 0 Å². The predicted octanol–water partition coefficient (Wildman–Crippen LogP) is 6.70. The monoisotopic (exact) mass is 524 g/mol. The number of furan rings is 1. The molecule has 1 N–H and O–H groups in total. The first-order valence-electron chi connectivity index (χ1n) is 12.2. The van der Waals surface area contributed by atoms with Gasteiger partial charge in [-0.3, -0.25) is 14.5 Å². The fourth-order valence-electron chi connectivity index (χ4n) is 4.91. The molecule has 0 radical (unpaired) electrons. The van der Waals surface area contributed by atoms with Crippen LogP contribution in [0.4, 0.5) is 5.13 Å². The summed E-state index contributed by atoms with van der Waals surface area (Å²) in [4.78, 5) is 33.6. The summed E-state index contributed by atoms with van der Waals surface area (Å²) in [5, 5.41) is 12.2. The quantitative estimate of drug-likeness (QED) is 0.248. The lowest BCUT2D eigenvalue weighted by Crippen LogP contribution is -2.31. The van der Waals surface area contributed by atoms with Gasteiger partial charge >= 0.3 is 0 Å². The van der Waals surface area contributed by atoms with E-state index in [2.05, 4.69) is 13.0 Å². The molecule has 0 saturated heterocycles. The Kier molecular flexibility index (Phi) is 5.76. The lowest BCUT2D eigenvalue weighted by atomic mass is 9.94. The number of anilines is 1. The van der Waals surface area contributed by atoms with E-state index >= 15 is 0 Å². The number of Topliss-reactive ketones (excluding diaryl/α,β-unsaturated/α-hetero) is 1. The molecule has 38 heavy (non-hydrogen) atoms. The van der Waals surface area contributed by atoms with Gasteiger partial charge in [0.15, 0.2) is 28.0 Å². The fraction of sp³-hybridized carbons (Fsp3) is 0.167. The third kappa shape index (κ3) is 3.76. The lowest BCUT2D eigenvalue weighted by Gasteiger charge is -2.24. The Balaban J connectivity index is 1.50. The molecule has 0 bridgehead atoms. The van der Waals surface area contributed by atoms with Crippen molar-refractivity contribution in [2.45, 2.75) is 26.3 Å². The van der Waals surface area contributed by atoms with Crippen LogP contribution in [-0.4, -0.2) is 28.9 Å². The van der Waals surface area contributed by atoms with E-state index in [1.165, 1.54) is 23.3 Å². The summed E-state index contributed by atoms with van der Waals surface area (Å²) >= 11 is 1.36. The highest BCUT2D eigenvalue weighted by Crippen LogP contribution is 2.45. The van der Waals surface area contributed by atoms with Gasteiger partial charge in [0.05, 0.1) is 28.9 Å². The number of methoxy groups -OCH3 is 1. The Morgan fingerprint density at radius 3 is 2.71 bits per heavy atom. The largest absolute Gasteiger partial charge is 0.503 e. The van der Waals surface area contributed by atoms with E-state index in [1.807, 2.05) is 49.4 Å². The minimum Gasteiger partial charge on any atom is -0.503 e. The number of aliphatic hydroxyl groups is 1. The molecule has 1 amide bonds. The third-order valence-electron chi connectivity index (χ3n) is 6.82. The minimum atomic E-state index is -0.879. The summed E-state index contributed by atoms with van der Waals surface area (Å²) in [7, 11) is 1.52. The molecule has 0 fully saturated rings. The van der Waals surface area contributed by atoms with E-state index in [4.69, 9.17) is 14.1 Å². The highest BCUT2D eigenvalue weighted by Gasteiger charge is 2.46. The van der Waals surface area contributed by atoms with Crippen molar-refractivity contribution in [2.24, 2.45) is 0 Å². The van der Waals surface area contributed by atoms with Gasteiger partial charge < -0.3 is 14.3 Å². The molecular formula is C30H24N2O5S. The molecule has 7 nitrogen and oxygen atoms in total. The van der Waals surface area contributed by atoms with E-state index in [-0.39, 0.29) is 11.3 Å². The van der Waals surface area contributed by atoms with Crippen LogP contribution in [-0.2, 0) is 11.2 Å². The number of carbonyl (C=O) groups is 2. The number of thiazole rings is 1. The van der Waals surface area contributed by atoms with E-state index in [0.717, 1.165) is 27.8 Å². The molecule has 8 heteroatoms. The molecule has 6 rings (SSSR count). The van der Waals surface area contributed by atoms with E-state index in [1.54, 1.807) is 18.2 Å². The molecular weight excluding hydrogens is 500 g/mol. The molecule has 1 atom stereocenters. The molecule has 1 unspecified atom stereocenters. The maximum atomic E-state index is 13.9. The SMILES string of the molecule is CCc1ccc2nc(N3C(=O)C(O)=C(C(=O)c4cc5cccc(OC)c5o4)C3c3cccc(C)c3)sc2c1. The van der Waals surface area contributed by atoms with E-state index in [9.17, 15) is 14.7 Å². The molecule has 0 spiro atoms. The minimum absolute atomic E-state index is 0.00948. The number of ether oxygens (including phenoxy) is 1. The van der Waals surface area contributed by atoms with Gasteiger partial charge in [-0.15, -0.1) is 0 Å². The Labute approximate surface area is 222 Å². The first-order valence-corrected chi connectivity index (χ1v) is 13.0. The summed E-state index contributed by atoms with van der Waals surface area (Å²) in [5.74, 6) is -1.36. The molecule has 0 aliphatic carbocycles. The molecule has 2 aromatic heterocycles. The van der Waals surface area contributed by atoms with Crippen LogP contribution in [0, 0.1) is 6.92 Å². The van der Waals surface area contributed by atoms with Crippen molar-refractivity contribution < 1.29 is 23.8 Å². The zero-order chi connectivity index (χ0) is 26.6. The van der Waals surface area contributed by atoms with Gasteiger partial charge in [0.25, 0.3) is 5.91 Å². The second kappa shape index (κ2) is 9.15. The van der Waals surface area contributed by atoms with Crippen LogP contribution in [0.25, 0.3) is 21.2 Å². The summed E-state index contributed by atoms with van der Waals surface area (Å²) in [5.41, 5.74) is 3.93. The third-order valence-corrected chi connectivity index (χ3v) is 7.84. The predicted molar refractivity (Wildman–Crippen MR) is 147 cm³/mol. The molecule has 190 valence electrons. The van der Waals surface area contributed by atoms with E-state index in [0.29, 0.717) is 27.4 Å². The number of benzene rings is 3. The van der Waals surface area contributed by atoms with Crippen molar-refractivity contribution in [1.82, 2.24) is 4.98 Å². The normalized spacial score (nSPS) is 15.7. The van der Waals surface area contributed by atoms with Gasteiger partial charge in [-0.25, -0.2) is 4.98 Å². The molecule has 1 aliphatic rings. The highest BCUT2D eigenvalue weighted by molar-refractivity contribution is 7.22. The first kappa shape index (κ1) is 23.9. The Bertz CT molecular complexity index is 1780. The standard InChI is InChI=1S/C30H24N2O5S/c1-4-17-11-12-20-23(14-17)38-30(31-20)32-25(18-8-5-7-16(2)13-18)24(27(34)29(32)35)26(33)22-15-19-9-6-10-21(36-3)28(19)37-22/h5-15,25,34H,4H2,1-3H3. The van der Waals surface area contributed by atoms with Gasteiger partial charge in [-0.05, 0) is 48.7 Å². The van der Waals surface area contributed by atoms with Crippen LogP contribution in [0.3, 0.4) is 0 Å². The van der Waals surface area contributed by atoms with Crippen molar-refractivity contribution in [3.63, 3.8) is 0 Å². The number of carbonyl (C=O) groups excluding carboxylic acids is 2. The Morgan fingerprint density at radius 2 is 1.95 bits per heavy atom. The number of hydrogen-bond donors (Lipinski definition) is 1. The van der Waals surface area contributed by atoms with Crippen molar-refractivity contribution in [3.8, 4) is 5.75 Å². The van der Waals surface area contributed by atoms with Crippen LogP contribution in [0.15, 0.2) is 82.5 Å². The molecule has 3 aromatic carbocycles. The van der Waals surface area contributed by atoms with Crippen LogP contribution in [0.5, 0.6) is 5.75 Å². The smallest absolute Gasteiger partial charge is 0.296 e. The number of aliphatic hydroxyl groups excluding tert-OH is 1. The maximum Gasteiger partial charge on any atom is 0.296 e. The lowest BCUT2D eigenvalue weighted by molar-refractivity contribution is -0.117. The summed E-state index contributed by atoms with van der Waals surface area (Å²) in [6.07, 6.45) is 0.876. The van der Waals surface area contributed by atoms with Gasteiger partial charge in [0.1, 0.15) is 0 Å². The number of amides is 1. The van der Waals surface area contributed by atoms with Crippen LogP contribution < -0.4 is 9.64 Å². The topological polar surface area (TPSA) is 92.9 Å². The van der Waals surface area contributed by atoms with Gasteiger partial charge in [0, 0.05) is 5.39 Å². The summed E-state index contributed by atoms with van der Waals surface area (Å²) in [6, 6.07) is 19.6. The number of ketones is 1. The van der Waals surface area contributed by atoms with Crippen molar-refractivity contribution >= 4 is 49.3 Å². The van der Waals surface area contributed by atoms with Crippen molar-refractivity contribution in [3.05, 3.63) is 101 Å². The Hall–Kier alpha value is -4.43. The van der Waals surface area contributed by atoms with Crippen LogP contribution in [0.1, 0.15) is 40.2 Å². The number of aryl methyl sites for hydroxylation is 2. The molecule has 1 aliphatic heterocycles. The fourth-order valence-corrected chi connectivity index (χ4v) is 5.97. The summed E-state index contributed by atoms with van der Waals surface area (Å²) in [6.45, 7) is 4.01.